The summed E-state index contributed by atoms with van der Waals surface area (Å²) in [4.78, 5) is 36.1. The third-order valence-corrected chi connectivity index (χ3v) is 5.37. The lowest BCUT2D eigenvalue weighted by Gasteiger charge is -2.20. The normalized spacial score (nSPS) is 14.9. The number of hydrogen-bond donors (Lipinski definition) is 3. The van der Waals surface area contributed by atoms with Gasteiger partial charge in [0.25, 0.3) is 5.91 Å². The van der Waals surface area contributed by atoms with Crippen molar-refractivity contribution < 1.29 is 14.4 Å². The van der Waals surface area contributed by atoms with Gasteiger partial charge in [-0.1, -0.05) is 52.2 Å². The molecule has 160 valence electrons. The highest BCUT2D eigenvalue weighted by atomic mass is 16.2. The van der Waals surface area contributed by atoms with Gasteiger partial charge in [-0.05, 0) is 36.0 Å². The molecule has 0 aliphatic heterocycles. The first-order valence-electron chi connectivity index (χ1n) is 10.7. The average Bonchev–Trinajstić information content (AvgIpc) is 2.71. The summed E-state index contributed by atoms with van der Waals surface area (Å²) >= 11 is 0. The fraction of sp³-hybridized carbons (Fsp3) is 0.609. The second kappa shape index (κ2) is 11.0. The number of rotatable bonds is 8. The Morgan fingerprint density at radius 1 is 0.862 bits per heavy atom. The molecule has 6 heteroatoms. The van der Waals surface area contributed by atoms with Crippen LogP contribution in [0.1, 0.15) is 75.2 Å². The van der Waals surface area contributed by atoms with E-state index in [9.17, 15) is 14.4 Å². The first-order valence-corrected chi connectivity index (χ1v) is 10.7. The van der Waals surface area contributed by atoms with Crippen LogP contribution in [0.3, 0.4) is 0 Å². The minimum atomic E-state index is -0.182. The largest absolute Gasteiger partial charge is 0.354 e. The molecule has 1 aromatic carbocycles. The minimum Gasteiger partial charge on any atom is -0.354 e. The van der Waals surface area contributed by atoms with Crippen LogP contribution in [0.2, 0.25) is 0 Å². The van der Waals surface area contributed by atoms with E-state index in [1.165, 1.54) is 12.0 Å². The maximum absolute atomic E-state index is 12.2. The van der Waals surface area contributed by atoms with Crippen LogP contribution in [0, 0.1) is 5.92 Å². The van der Waals surface area contributed by atoms with E-state index >= 15 is 0 Å². The van der Waals surface area contributed by atoms with Crippen molar-refractivity contribution >= 4 is 17.7 Å². The van der Waals surface area contributed by atoms with Gasteiger partial charge in [-0.3, -0.25) is 14.4 Å². The molecule has 2 rings (SSSR count). The third-order valence-electron chi connectivity index (χ3n) is 5.37. The van der Waals surface area contributed by atoms with Gasteiger partial charge >= 0.3 is 0 Å². The molecule has 0 aromatic heterocycles. The van der Waals surface area contributed by atoms with E-state index in [2.05, 4.69) is 36.7 Å². The lowest BCUT2D eigenvalue weighted by atomic mass is 9.87. The molecule has 1 aliphatic rings. The fourth-order valence-corrected chi connectivity index (χ4v) is 3.50. The second-order valence-corrected chi connectivity index (χ2v) is 8.81. The van der Waals surface area contributed by atoms with Gasteiger partial charge in [-0.15, -0.1) is 0 Å². The Morgan fingerprint density at radius 3 is 2.10 bits per heavy atom. The highest BCUT2D eigenvalue weighted by Gasteiger charge is 2.20. The molecule has 0 atom stereocenters. The Morgan fingerprint density at radius 2 is 1.48 bits per heavy atom. The molecule has 1 saturated carbocycles. The molecule has 1 aromatic rings. The molecular weight excluding hydrogens is 366 g/mol. The highest BCUT2D eigenvalue weighted by Crippen LogP contribution is 2.23. The fourth-order valence-electron chi connectivity index (χ4n) is 3.50. The molecule has 1 aliphatic carbocycles. The Balaban J connectivity index is 1.59. The standard InChI is InChI=1S/C23H35N3O3/c1-23(2,3)19-11-9-18(10-12-19)22(29)25-14-13-20(27)24-15-16-26-21(28)17-7-5-4-6-8-17/h9-12,17H,4-8,13-16H2,1-3H3,(H,24,27)(H,25,29)(H,26,28). The van der Waals surface area contributed by atoms with Crippen molar-refractivity contribution in [2.75, 3.05) is 19.6 Å². The smallest absolute Gasteiger partial charge is 0.251 e. The predicted octanol–water partition coefficient (Wildman–Crippen LogP) is 2.92. The summed E-state index contributed by atoms with van der Waals surface area (Å²) in [5.41, 5.74) is 1.80. The van der Waals surface area contributed by atoms with Crippen molar-refractivity contribution in [2.45, 2.75) is 64.7 Å². The molecule has 0 unspecified atom stereocenters. The maximum Gasteiger partial charge on any atom is 0.251 e. The highest BCUT2D eigenvalue weighted by molar-refractivity contribution is 5.94. The topological polar surface area (TPSA) is 87.3 Å². The lowest BCUT2D eigenvalue weighted by Crippen LogP contribution is -2.38. The van der Waals surface area contributed by atoms with E-state index in [1.807, 2.05) is 24.3 Å². The summed E-state index contributed by atoms with van der Waals surface area (Å²) in [6.07, 6.45) is 5.62. The maximum atomic E-state index is 12.2. The molecule has 1 fully saturated rings. The number of hydrogen-bond acceptors (Lipinski definition) is 3. The summed E-state index contributed by atoms with van der Waals surface area (Å²) in [5.74, 6) is -0.0888. The van der Waals surface area contributed by atoms with Crippen molar-refractivity contribution in [3.8, 4) is 0 Å². The lowest BCUT2D eigenvalue weighted by molar-refractivity contribution is -0.126. The molecule has 6 nitrogen and oxygen atoms in total. The van der Waals surface area contributed by atoms with E-state index < -0.39 is 0 Å². The van der Waals surface area contributed by atoms with Gasteiger partial charge in [0, 0.05) is 37.5 Å². The number of benzene rings is 1. The van der Waals surface area contributed by atoms with Gasteiger partial charge in [0.2, 0.25) is 11.8 Å². The minimum absolute atomic E-state index is 0.0446. The Kier molecular flexibility index (Phi) is 8.68. The number of carbonyl (C=O) groups excluding carboxylic acids is 3. The molecule has 0 bridgehead atoms. The van der Waals surface area contributed by atoms with E-state index in [0.717, 1.165) is 25.7 Å². The zero-order valence-corrected chi connectivity index (χ0v) is 18.0. The molecule has 0 saturated heterocycles. The Labute approximate surface area is 174 Å². The Hall–Kier alpha value is -2.37. The summed E-state index contributed by atoms with van der Waals surface area (Å²) in [7, 11) is 0. The van der Waals surface area contributed by atoms with Crippen molar-refractivity contribution in [2.24, 2.45) is 5.92 Å². The number of amides is 3. The van der Waals surface area contributed by atoms with E-state index in [4.69, 9.17) is 0 Å². The first kappa shape index (κ1) is 22.9. The van der Waals surface area contributed by atoms with Crippen molar-refractivity contribution in [3.63, 3.8) is 0 Å². The molecular formula is C23H35N3O3. The zero-order valence-electron chi connectivity index (χ0n) is 18.0. The molecule has 0 spiro atoms. The van der Waals surface area contributed by atoms with E-state index in [-0.39, 0.29) is 42.0 Å². The van der Waals surface area contributed by atoms with Crippen LogP contribution in [-0.2, 0) is 15.0 Å². The molecule has 0 heterocycles. The van der Waals surface area contributed by atoms with Crippen LogP contribution in [0.4, 0.5) is 0 Å². The monoisotopic (exact) mass is 401 g/mol. The SMILES string of the molecule is CC(C)(C)c1ccc(C(=O)NCCC(=O)NCCNC(=O)C2CCCCC2)cc1. The third kappa shape index (κ3) is 7.87. The number of nitrogens with one attached hydrogen (secondary N) is 3. The van der Waals surface area contributed by atoms with Crippen LogP contribution in [-0.4, -0.2) is 37.4 Å². The first-order chi connectivity index (χ1) is 13.8. The van der Waals surface area contributed by atoms with Crippen LogP contribution < -0.4 is 16.0 Å². The van der Waals surface area contributed by atoms with Gasteiger partial charge in [0.1, 0.15) is 0 Å². The molecule has 0 radical (unpaired) electrons. The van der Waals surface area contributed by atoms with Gasteiger partial charge in [0.15, 0.2) is 0 Å². The summed E-state index contributed by atoms with van der Waals surface area (Å²) in [5, 5.41) is 8.44. The molecule has 3 amide bonds. The Bertz CT molecular complexity index is 686. The van der Waals surface area contributed by atoms with Crippen LogP contribution >= 0.6 is 0 Å². The summed E-state index contributed by atoms with van der Waals surface area (Å²) in [6.45, 7) is 7.50. The van der Waals surface area contributed by atoms with Crippen LogP contribution in [0.5, 0.6) is 0 Å². The van der Waals surface area contributed by atoms with Gasteiger partial charge in [-0.25, -0.2) is 0 Å². The quantitative estimate of drug-likeness (QED) is 0.585. The molecule has 3 N–H and O–H groups in total. The van der Waals surface area contributed by atoms with Crippen molar-refractivity contribution in [1.82, 2.24) is 16.0 Å². The molecule has 29 heavy (non-hydrogen) atoms. The van der Waals surface area contributed by atoms with E-state index in [1.54, 1.807) is 0 Å². The zero-order chi connectivity index (χ0) is 21.3. The average molecular weight is 402 g/mol. The predicted molar refractivity (Wildman–Crippen MR) is 115 cm³/mol. The van der Waals surface area contributed by atoms with Gasteiger partial charge < -0.3 is 16.0 Å². The second-order valence-electron chi connectivity index (χ2n) is 8.81. The van der Waals surface area contributed by atoms with Crippen LogP contribution in [0.15, 0.2) is 24.3 Å². The summed E-state index contributed by atoms with van der Waals surface area (Å²) in [6, 6.07) is 7.54. The van der Waals surface area contributed by atoms with Crippen LogP contribution in [0.25, 0.3) is 0 Å². The van der Waals surface area contributed by atoms with Crippen molar-refractivity contribution in [1.29, 1.82) is 0 Å². The summed E-state index contributed by atoms with van der Waals surface area (Å²) < 4.78 is 0. The van der Waals surface area contributed by atoms with Crippen molar-refractivity contribution in [3.05, 3.63) is 35.4 Å². The van der Waals surface area contributed by atoms with Gasteiger partial charge in [-0.2, -0.15) is 0 Å². The van der Waals surface area contributed by atoms with E-state index in [0.29, 0.717) is 18.7 Å². The number of carbonyl (C=O) groups is 3. The van der Waals surface area contributed by atoms with Gasteiger partial charge in [0.05, 0.1) is 0 Å².